The number of hydrogen-bond donors (Lipinski definition) is 4. The van der Waals surface area contributed by atoms with Crippen molar-refractivity contribution < 1.29 is 5.11 Å². The summed E-state index contributed by atoms with van der Waals surface area (Å²) in [7, 11) is 0. The molecule has 0 saturated carbocycles. The number of aliphatic hydroxyl groups is 1. The summed E-state index contributed by atoms with van der Waals surface area (Å²) in [6, 6.07) is 0. The largest absolute Gasteiger partial charge is 0.387 e. The number of hydrogen-bond acceptors (Lipinski definition) is 4. The first-order chi connectivity index (χ1) is 8.66. The topological polar surface area (TPSA) is 84.2 Å². The lowest BCUT2D eigenvalue weighted by Crippen LogP contribution is -2.45. The van der Waals surface area contributed by atoms with Gasteiger partial charge in [0.25, 0.3) is 5.56 Å². The van der Waals surface area contributed by atoms with Crippen molar-refractivity contribution in [2.75, 3.05) is 32.7 Å². The van der Waals surface area contributed by atoms with Gasteiger partial charge in [-0.3, -0.25) is 14.8 Å². The van der Waals surface area contributed by atoms with Gasteiger partial charge in [-0.15, -0.1) is 0 Å². The van der Waals surface area contributed by atoms with Crippen LogP contribution < -0.4 is 10.9 Å². The second kappa shape index (κ2) is 4.53. The summed E-state index contributed by atoms with van der Waals surface area (Å²) in [5.41, 5.74) is 1.32. The van der Waals surface area contributed by atoms with Crippen molar-refractivity contribution in [1.29, 1.82) is 0 Å². The molecule has 0 aliphatic carbocycles. The number of rotatable bonds is 2. The molecule has 3 rings (SSSR count). The number of nitrogens with zero attached hydrogens (tertiary/aromatic N) is 1. The summed E-state index contributed by atoms with van der Waals surface area (Å²) in [5.74, 6) is 0. The molecule has 0 bridgehead atoms. The normalized spacial score (nSPS) is 29.2. The van der Waals surface area contributed by atoms with Crippen LogP contribution in [0.2, 0.25) is 0 Å². The Morgan fingerprint density at radius 1 is 1.28 bits per heavy atom. The van der Waals surface area contributed by atoms with E-state index in [9.17, 15) is 9.90 Å². The van der Waals surface area contributed by atoms with Crippen LogP contribution in [0.15, 0.2) is 4.79 Å². The van der Waals surface area contributed by atoms with E-state index in [0.717, 1.165) is 50.2 Å². The molecule has 0 amide bonds. The van der Waals surface area contributed by atoms with Gasteiger partial charge in [0.2, 0.25) is 0 Å². The predicted octanol–water partition coefficient (Wildman–Crippen LogP) is -1.17. The molecule has 1 saturated heterocycles. The average molecular weight is 252 g/mol. The Balaban J connectivity index is 1.66. The molecule has 0 radical (unpaired) electrons. The Hall–Kier alpha value is -1.11. The number of β-amino-alcohol motifs (C(OH)–C–C–N with tert-alkyl or cyclic N) is 1. The maximum absolute atomic E-state index is 11.6. The van der Waals surface area contributed by atoms with E-state index in [0.29, 0.717) is 13.1 Å². The van der Waals surface area contributed by atoms with Crippen LogP contribution in [0.5, 0.6) is 0 Å². The van der Waals surface area contributed by atoms with Crippen molar-refractivity contribution in [3.63, 3.8) is 0 Å². The molecule has 100 valence electrons. The monoisotopic (exact) mass is 252 g/mol. The van der Waals surface area contributed by atoms with Gasteiger partial charge < -0.3 is 15.5 Å². The minimum absolute atomic E-state index is 0.00750. The van der Waals surface area contributed by atoms with Crippen molar-refractivity contribution in [3.8, 4) is 0 Å². The third-order valence-corrected chi connectivity index (χ3v) is 4.06. The number of fused-ring (bicyclic) bond motifs is 1. The molecule has 1 unspecified atom stereocenters. The van der Waals surface area contributed by atoms with Gasteiger partial charge in [0.15, 0.2) is 0 Å². The molecule has 0 spiro atoms. The minimum atomic E-state index is -0.593. The molecule has 0 aromatic carbocycles. The number of aromatic amines is 2. The standard InChI is InChI=1S/C12H20N4O2/c17-11-9-1-5-16(6-2-10(9)14-15-11)8-12(18)3-4-13-7-12/h13,18H,1-8H2,(H2,14,15,17). The number of nitrogens with one attached hydrogen (secondary N) is 3. The van der Waals surface area contributed by atoms with Gasteiger partial charge in [-0.25, -0.2) is 0 Å². The molecular formula is C12H20N4O2. The van der Waals surface area contributed by atoms with Gasteiger partial charge in [-0.1, -0.05) is 0 Å². The summed E-state index contributed by atoms with van der Waals surface area (Å²) >= 11 is 0. The van der Waals surface area contributed by atoms with E-state index in [-0.39, 0.29) is 5.56 Å². The van der Waals surface area contributed by atoms with Crippen LogP contribution in [-0.4, -0.2) is 58.5 Å². The van der Waals surface area contributed by atoms with Gasteiger partial charge >= 0.3 is 0 Å². The first-order valence-electron chi connectivity index (χ1n) is 6.60. The fourth-order valence-electron chi connectivity index (χ4n) is 2.99. The summed E-state index contributed by atoms with van der Waals surface area (Å²) < 4.78 is 0. The minimum Gasteiger partial charge on any atom is -0.387 e. The molecule has 1 atom stereocenters. The lowest BCUT2D eigenvalue weighted by Gasteiger charge is -2.29. The Morgan fingerprint density at radius 2 is 2.11 bits per heavy atom. The molecule has 6 heteroatoms. The van der Waals surface area contributed by atoms with Crippen molar-refractivity contribution in [1.82, 2.24) is 20.4 Å². The quantitative estimate of drug-likeness (QED) is 0.534. The molecule has 4 N–H and O–H groups in total. The molecule has 2 aliphatic heterocycles. The lowest BCUT2D eigenvalue weighted by atomic mass is 10.0. The Labute approximate surface area is 105 Å². The Morgan fingerprint density at radius 3 is 2.89 bits per heavy atom. The summed E-state index contributed by atoms with van der Waals surface area (Å²) in [4.78, 5) is 13.8. The average Bonchev–Trinajstić information content (AvgIpc) is 2.84. The van der Waals surface area contributed by atoms with E-state index in [1.807, 2.05) is 0 Å². The Bertz CT molecular complexity index is 473. The van der Waals surface area contributed by atoms with Gasteiger partial charge in [-0.05, 0) is 19.4 Å². The van der Waals surface area contributed by atoms with Crippen LogP contribution in [0.3, 0.4) is 0 Å². The zero-order valence-corrected chi connectivity index (χ0v) is 10.5. The SMILES string of the molecule is O=c1[nH][nH]c2c1CCN(CC1(O)CCNC1)CC2. The van der Waals surface area contributed by atoms with Crippen molar-refractivity contribution >= 4 is 0 Å². The fraction of sp³-hybridized carbons (Fsp3) is 0.750. The van der Waals surface area contributed by atoms with Crippen LogP contribution in [0.4, 0.5) is 0 Å². The molecular weight excluding hydrogens is 232 g/mol. The maximum Gasteiger partial charge on any atom is 0.267 e. The number of aromatic nitrogens is 2. The summed E-state index contributed by atoms with van der Waals surface area (Å²) in [6.07, 6.45) is 2.42. The van der Waals surface area contributed by atoms with Crippen LogP contribution in [0.1, 0.15) is 17.7 Å². The second-order valence-electron chi connectivity index (χ2n) is 5.46. The van der Waals surface area contributed by atoms with E-state index in [1.54, 1.807) is 0 Å². The van der Waals surface area contributed by atoms with Crippen molar-refractivity contribution in [2.24, 2.45) is 0 Å². The third-order valence-electron chi connectivity index (χ3n) is 4.06. The molecule has 18 heavy (non-hydrogen) atoms. The molecule has 6 nitrogen and oxygen atoms in total. The predicted molar refractivity (Wildman–Crippen MR) is 67.7 cm³/mol. The van der Waals surface area contributed by atoms with E-state index in [2.05, 4.69) is 20.4 Å². The van der Waals surface area contributed by atoms with E-state index >= 15 is 0 Å². The Kier molecular flexibility index (Phi) is 3.01. The van der Waals surface area contributed by atoms with Crippen molar-refractivity contribution in [3.05, 3.63) is 21.6 Å². The maximum atomic E-state index is 11.6. The second-order valence-corrected chi connectivity index (χ2v) is 5.46. The molecule has 3 heterocycles. The third kappa shape index (κ3) is 2.23. The molecule has 1 aromatic rings. The van der Waals surface area contributed by atoms with Crippen molar-refractivity contribution in [2.45, 2.75) is 24.9 Å². The number of H-pyrrole nitrogens is 2. The first kappa shape index (κ1) is 12.0. The van der Waals surface area contributed by atoms with Crippen LogP contribution in [-0.2, 0) is 12.8 Å². The fourth-order valence-corrected chi connectivity index (χ4v) is 2.99. The molecule has 1 aromatic heterocycles. The zero-order valence-electron chi connectivity index (χ0n) is 10.5. The van der Waals surface area contributed by atoms with Crippen LogP contribution >= 0.6 is 0 Å². The lowest BCUT2D eigenvalue weighted by molar-refractivity contribution is 0.0220. The molecule has 1 fully saturated rings. The smallest absolute Gasteiger partial charge is 0.267 e. The van der Waals surface area contributed by atoms with Gasteiger partial charge in [-0.2, -0.15) is 0 Å². The van der Waals surface area contributed by atoms with Gasteiger partial charge in [0.1, 0.15) is 0 Å². The van der Waals surface area contributed by atoms with Crippen LogP contribution in [0.25, 0.3) is 0 Å². The van der Waals surface area contributed by atoms with Gasteiger partial charge in [0, 0.05) is 43.9 Å². The highest BCUT2D eigenvalue weighted by Crippen LogP contribution is 2.18. The van der Waals surface area contributed by atoms with Crippen LogP contribution in [0, 0.1) is 0 Å². The summed E-state index contributed by atoms with van der Waals surface area (Å²) in [6.45, 7) is 4.00. The zero-order chi connectivity index (χ0) is 12.6. The summed E-state index contributed by atoms with van der Waals surface area (Å²) in [5, 5.41) is 19.2. The first-order valence-corrected chi connectivity index (χ1v) is 6.60. The highest BCUT2D eigenvalue weighted by atomic mass is 16.3. The van der Waals surface area contributed by atoms with Gasteiger partial charge in [0.05, 0.1) is 5.60 Å². The van der Waals surface area contributed by atoms with E-state index in [4.69, 9.17) is 0 Å². The highest BCUT2D eigenvalue weighted by molar-refractivity contribution is 5.18. The van der Waals surface area contributed by atoms with E-state index in [1.165, 1.54) is 0 Å². The highest BCUT2D eigenvalue weighted by Gasteiger charge is 2.33. The van der Waals surface area contributed by atoms with E-state index < -0.39 is 5.60 Å². The molecule has 2 aliphatic rings.